The number of aromatic hydroxyl groups is 1. The summed E-state index contributed by atoms with van der Waals surface area (Å²) >= 11 is 0. The first kappa shape index (κ1) is 13.5. The third-order valence-corrected chi connectivity index (χ3v) is 3.95. The highest BCUT2D eigenvalue weighted by Gasteiger charge is 2.13. The first-order chi connectivity index (χ1) is 8.97. The number of aryl methyl sites for hydroxylation is 1. The van der Waals surface area contributed by atoms with Crippen LogP contribution in [0, 0.1) is 6.92 Å². The van der Waals surface area contributed by atoms with Crippen molar-refractivity contribution in [3.05, 3.63) is 53.9 Å². The van der Waals surface area contributed by atoms with Crippen LogP contribution in [0.5, 0.6) is 5.75 Å². The SMILES string of the molecule is Cc1cccc(CNS(=O)(=O)c2ccc(O)cc2)n1. The van der Waals surface area contributed by atoms with Crippen LogP contribution in [0.25, 0.3) is 0 Å². The number of hydrogen-bond donors (Lipinski definition) is 2. The minimum atomic E-state index is -3.59. The van der Waals surface area contributed by atoms with Crippen molar-refractivity contribution in [1.29, 1.82) is 0 Å². The fourth-order valence-corrected chi connectivity index (χ4v) is 2.57. The molecule has 0 atom stereocenters. The van der Waals surface area contributed by atoms with Gasteiger partial charge in [0.1, 0.15) is 5.75 Å². The molecular weight excluding hydrogens is 264 g/mol. The van der Waals surface area contributed by atoms with Gasteiger partial charge >= 0.3 is 0 Å². The van der Waals surface area contributed by atoms with Crippen LogP contribution in [-0.4, -0.2) is 18.5 Å². The number of aromatic nitrogens is 1. The van der Waals surface area contributed by atoms with E-state index in [1.807, 2.05) is 19.1 Å². The Bertz CT molecular complexity index is 667. The molecule has 0 radical (unpaired) electrons. The van der Waals surface area contributed by atoms with Gasteiger partial charge in [0.05, 0.1) is 17.1 Å². The zero-order chi connectivity index (χ0) is 13.9. The van der Waals surface area contributed by atoms with E-state index in [2.05, 4.69) is 9.71 Å². The summed E-state index contributed by atoms with van der Waals surface area (Å²) < 4.78 is 26.4. The predicted octanol–water partition coefficient (Wildman–Crippen LogP) is 1.57. The largest absolute Gasteiger partial charge is 0.508 e. The van der Waals surface area contributed by atoms with E-state index in [0.29, 0.717) is 5.69 Å². The zero-order valence-electron chi connectivity index (χ0n) is 10.4. The molecule has 0 aliphatic heterocycles. The van der Waals surface area contributed by atoms with Crippen molar-refractivity contribution in [1.82, 2.24) is 9.71 Å². The van der Waals surface area contributed by atoms with Crippen LogP contribution in [0.3, 0.4) is 0 Å². The summed E-state index contributed by atoms with van der Waals surface area (Å²) in [6.07, 6.45) is 0. The highest BCUT2D eigenvalue weighted by molar-refractivity contribution is 7.89. The highest BCUT2D eigenvalue weighted by atomic mass is 32.2. The second kappa shape index (κ2) is 5.38. The lowest BCUT2D eigenvalue weighted by Crippen LogP contribution is -2.23. The Morgan fingerprint density at radius 3 is 2.47 bits per heavy atom. The van der Waals surface area contributed by atoms with Gasteiger partial charge in [-0.25, -0.2) is 13.1 Å². The summed E-state index contributed by atoms with van der Waals surface area (Å²) in [4.78, 5) is 4.33. The molecule has 100 valence electrons. The second-order valence-electron chi connectivity index (χ2n) is 4.09. The molecule has 2 N–H and O–H groups in total. The lowest BCUT2D eigenvalue weighted by Gasteiger charge is -2.07. The first-order valence-electron chi connectivity index (χ1n) is 5.68. The standard InChI is InChI=1S/C13H14N2O3S/c1-10-3-2-4-11(15-10)9-14-19(17,18)13-7-5-12(16)6-8-13/h2-8,14,16H,9H2,1H3. The number of benzene rings is 1. The molecule has 0 saturated carbocycles. The molecule has 1 heterocycles. The van der Waals surface area contributed by atoms with Crippen LogP contribution in [0.2, 0.25) is 0 Å². The van der Waals surface area contributed by atoms with Gasteiger partial charge < -0.3 is 5.11 Å². The Morgan fingerprint density at radius 2 is 1.84 bits per heavy atom. The van der Waals surface area contributed by atoms with Gasteiger partial charge in [0.25, 0.3) is 0 Å². The molecular formula is C13H14N2O3S. The van der Waals surface area contributed by atoms with Gasteiger partial charge in [0.15, 0.2) is 0 Å². The van der Waals surface area contributed by atoms with Crippen molar-refractivity contribution in [2.45, 2.75) is 18.4 Å². The fourth-order valence-electron chi connectivity index (χ4n) is 1.58. The van der Waals surface area contributed by atoms with Crippen molar-refractivity contribution in [2.24, 2.45) is 0 Å². The van der Waals surface area contributed by atoms with Crippen LogP contribution < -0.4 is 4.72 Å². The van der Waals surface area contributed by atoms with Gasteiger partial charge in [-0.15, -0.1) is 0 Å². The van der Waals surface area contributed by atoms with Crippen LogP contribution in [0.4, 0.5) is 0 Å². The quantitative estimate of drug-likeness (QED) is 0.889. The van der Waals surface area contributed by atoms with Crippen LogP contribution in [0.1, 0.15) is 11.4 Å². The Labute approximate surface area is 112 Å². The van der Waals surface area contributed by atoms with E-state index >= 15 is 0 Å². The molecule has 0 spiro atoms. The fraction of sp³-hybridized carbons (Fsp3) is 0.154. The minimum absolute atomic E-state index is 0.0271. The van der Waals surface area contributed by atoms with Crippen LogP contribution in [0.15, 0.2) is 47.4 Å². The summed E-state index contributed by atoms with van der Waals surface area (Å²) in [5.41, 5.74) is 1.49. The molecule has 1 aromatic carbocycles. The van der Waals surface area contributed by atoms with Crippen LogP contribution >= 0.6 is 0 Å². The maximum absolute atomic E-state index is 12.0. The topological polar surface area (TPSA) is 79.3 Å². The third kappa shape index (κ3) is 3.52. The van der Waals surface area contributed by atoms with Crippen molar-refractivity contribution in [3.63, 3.8) is 0 Å². The van der Waals surface area contributed by atoms with Gasteiger partial charge in [0.2, 0.25) is 10.0 Å². The molecule has 2 aromatic rings. The van der Waals surface area contributed by atoms with E-state index in [4.69, 9.17) is 5.11 Å². The molecule has 0 aliphatic rings. The smallest absolute Gasteiger partial charge is 0.240 e. The summed E-state index contributed by atoms with van der Waals surface area (Å²) in [6.45, 7) is 1.98. The molecule has 0 aliphatic carbocycles. The Balaban J connectivity index is 2.12. The summed E-state index contributed by atoms with van der Waals surface area (Å²) in [5, 5.41) is 9.14. The predicted molar refractivity (Wildman–Crippen MR) is 71.1 cm³/mol. The Kier molecular flexibility index (Phi) is 3.82. The number of hydrogen-bond acceptors (Lipinski definition) is 4. The Hall–Kier alpha value is -1.92. The van der Waals surface area contributed by atoms with Gasteiger partial charge in [-0.05, 0) is 43.3 Å². The number of pyridine rings is 1. The summed E-state index contributed by atoms with van der Waals surface area (Å²) in [6, 6.07) is 10.8. The van der Waals surface area contributed by atoms with Crippen LogP contribution in [-0.2, 0) is 16.6 Å². The van der Waals surface area contributed by atoms with E-state index in [1.165, 1.54) is 24.3 Å². The second-order valence-corrected chi connectivity index (χ2v) is 5.86. The number of phenols is 1. The van der Waals surface area contributed by atoms with E-state index in [1.54, 1.807) is 6.07 Å². The normalized spacial score (nSPS) is 11.4. The highest BCUT2D eigenvalue weighted by Crippen LogP contribution is 2.14. The lowest BCUT2D eigenvalue weighted by atomic mass is 10.3. The molecule has 0 bridgehead atoms. The van der Waals surface area contributed by atoms with E-state index < -0.39 is 10.0 Å². The molecule has 5 nitrogen and oxygen atoms in total. The monoisotopic (exact) mass is 278 g/mol. The van der Waals surface area contributed by atoms with Gasteiger partial charge in [-0.2, -0.15) is 0 Å². The Morgan fingerprint density at radius 1 is 1.16 bits per heavy atom. The molecule has 1 aromatic heterocycles. The lowest BCUT2D eigenvalue weighted by molar-refractivity contribution is 0.474. The summed E-state index contributed by atoms with van der Waals surface area (Å²) in [7, 11) is -3.59. The molecule has 0 amide bonds. The van der Waals surface area contributed by atoms with Crippen molar-refractivity contribution >= 4 is 10.0 Å². The number of rotatable bonds is 4. The van der Waals surface area contributed by atoms with Crippen molar-refractivity contribution in [2.75, 3.05) is 0 Å². The van der Waals surface area contributed by atoms with Crippen molar-refractivity contribution in [3.8, 4) is 5.75 Å². The third-order valence-electron chi connectivity index (χ3n) is 2.54. The zero-order valence-corrected chi connectivity index (χ0v) is 11.2. The van der Waals surface area contributed by atoms with E-state index in [9.17, 15) is 8.42 Å². The molecule has 6 heteroatoms. The maximum Gasteiger partial charge on any atom is 0.240 e. The van der Waals surface area contributed by atoms with E-state index in [-0.39, 0.29) is 17.2 Å². The molecule has 0 fully saturated rings. The summed E-state index contributed by atoms with van der Waals surface area (Å²) in [5.74, 6) is 0.0271. The number of phenolic OH excluding ortho intramolecular Hbond substituents is 1. The minimum Gasteiger partial charge on any atom is -0.508 e. The molecule has 0 saturated heterocycles. The number of sulfonamides is 1. The van der Waals surface area contributed by atoms with Crippen molar-refractivity contribution < 1.29 is 13.5 Å². The molecule has 0 unspecified atom stereocenters. The van der Waals surface area contributed by atoms with Gasteiger partial charge in [-0.3, -0.25) is 4.98 Å². The molecule has 19 heavy (non-hydrogen) atoms. The average Bonchev–Trinajstić information content (AvgIpc) is 2.37. The maximum atomic E-state index is 12.0. The molecule has 2 rings (SSSR count). The van der Waals surface area contributed by atoms with E-state index in [0.717, 1.165) is 5.69 Å². The number of nitrogens with one attached hydrogen (secondary N) is 1. The van der Waals surface area contributed by atoms with Gasteiger partial charge in [0, 0.05) is 5.69 Å². The first-order valence-corrected chi connectivity index (χ1v) is 7.17. The van der Waals surface area contributed by atoms with Gasteiger partial charge in [-0.1, -0.05) is 6.07 Å². The number of nitrogens with zero attached hydrogens (tertiary/aromatic N) is 1. The average molecular weight is 278 g/mol.